The summed E-state index contributed by atoms with van der Waals surface area (Å²) in [4.78, 5) is 14.7. The number of ether oxygens (including phenoxy) is 1. The van der Waals surface area contributed by atoms with Gasteiger partial charge in [0.15, 0.2) is 0 Å². The van der Waals surface area contributed by atoms with Gasteiger partial charge in [-0.05, 0) is 46.7 Å². The maximum absolute atomic E-state index is 12.4. The van der Waals surface area contributed by atoms with Crippen LogP contribution in [-0.4, -0.2) is 43.7 Å². The lowest BCUT2D eigenvalue weighted by Crippen LogP contribution is -2.43. The van der Waals surface area contributed by atoms with Crippen molar-refractivity contribution in [2.45, 2.75) is 6.04 Å². The average molecular weight is 341 g/mol. The van der Waals surface area contributed by atoms with Gasteiger partial charge in [-0.1, -0.05) is 0 Å². The second kappa shape index (κ2) is 8.06. The second-order valence-corrected chi connectivity index (χ2v) is 6.40. The summed E-state index contributed by atoms with van der Waals surface area (Å²) in [6, 6.07) is 11.0. The summed E-state index contributed by atoms with van der Waals surface area (Å²) in [5, 5.41) is 16.0. The predicted octanol–water partition coefficient (Wildman–Crippen LogP) is 2.42. The summed E-state index contributed by atoms with van der Waals surface area (Å²) in [5.74, 6) is -0.118. The number of carbonyl (C=O) groups is 1. The number of nitrogens with zero attached hydrogens (tertiary/aromatic N) is 2. The van der Waals surface area contributed by atoms with Crippen molar-refractivity contribution in [3.8, 4) is 6.07 Å². The second-order valence-electron chi connectivity index (χ2n) is 5.62. The van der Waals surface area contributed by atoms with Crippen molar-refractivity contribution in [1.29, 1.82) is 5.26 Å². The molecule has 1 atom stereocenters. The number of thiophene rings is 1. The van der Waals surface area contributed by atoms with Crippen LogP contribution in [0.3, 0.4) is 0 Å². The average Bonchev–Trinajstić information content (AvgIpc) is 3.17. The van der Waals surface area contributed by atoms with Crippen molar-refractivity contribution in [3.05, 3.63) is 57.8 Å². The topological polar surface area (TPSA) is 65.4 Å². The van der Waals surface area contributed by atoms with Gasteiger partial charge in [-0.3, -0.25) is 9.69 Å². The molecule has 1 aliphatic rings. The Bertz CT molecular complexity index is 701. The van der Waals surface area contributed by atoms with E-state index in [1.165, 1.54) is 5.56 Å². The number of morpholine rings is 1. The van der Waals surface area contributed by atoms with Gasteiger partial charge < -0.3 is 10.1 Å². The molecule has 6 heteroatoms. The minimum Gasteiger partial charge on any atom is -0.379 e. The highest BCUT2D eigenvalue weighted by molar-refractivity contribution is 7.07. The summed E-state index contributed by atoms with van der Waals surface area (Å²) in [6.07, 6.45) is 0. The molecular formula is C18H19N3O2S. The first-order valence-electron chi connectivity index (χ1n) is 7.90. The highest BCUT2D eigenvalue weighted by Gasteiger charge is 2.23. The van der Waals surface area contributed by atoms with E-state index in [2.05, 4.69) is 33.1 Å². The molecule has 1 aliphatic heterocycles. The molecule has 1 aromatic carbocycles. The third-order valence-corrected chi connectivity index (χ3v) is 4.85. The van der Waals surface area contributed by atoms with Gasteiger partial charge in [0.25, 0.3) is 5.91 Å². The Labute approximate surface area is 145 Å². The lowest BCUT2D eigenvalue weighted by molar-refractivity contribution is 0.0163. The van der Waals surface area contributed by atoms with Crippen molar-refractivity contribution in [2.75, 3.05) is 32.8 Å². The number of benzene rings is 1. The summed E-state index contributed by atoms with van der Waals surface area (Å²) >= 11 is 1.67. The Morgan fingerprint density at radius 2 is 2.04 bits per heavy atom. The van der Waals surface area contributed by atoms with Crippen molar-refractivity contribution in [2.24, 2.45) is 0 Å². The van der Waals surface area contributed by atoms with Crippen molar-refractivity contribution in [1.82, 2.24) is 10.2 Å². The molecule has 0 spiro atoms. The van der Waals surface area contributed by atoms with Gasteiger partial charge in [0, 0.05) is 25.2 Å². The van der Waals surface area contributed by atoms with Crippen molar-refractivity contribution >= 4 is 17.2 Å². The number of amides is 1. The van der Waals surface area contributed by atoms with Crippen molar-refractivity contribution in [3.63, 3.8) is 0 Å². The van der Waals surface area contributed by atoms with Crippen LogP contribution in [0.15, 0.2) is 41.1 Å². The Morgan fingerprint density at radius 1 is 1.29 bits per heavy atom. The van der Waals surface area contributed by atoms with E-state index < -0.39 is 0 Å². The molecule has 0 bridgehead atoms. The number of hydrogen-bond acceptors (Lipinski definition) is 5. The molecular weight excluding hydrogens is 322 g/mol. The number of carbonyl (C=O) groups excluding carboxylic acids is 1. The van der Waals surface area contributed by atoms with Crippen LogP contribution >= 0.6 is 11.3 Å². The van der Waals surface area contributed by atoms with Crippen LogP contribution in [0.1, 0.15) is 27.5 Å². The standard InChI is InChI=1S/C18H19N3O2S/c19-11-14-1-3-15(4-2-14)18(22)20-12-17(16-5-10-24-13-16)21-6-8-23-9-7-21/h1-5,10,13,17H,6-9,12H2,(H,20,22)/t17-/m1/s1. The maximum atomic E-state index is 12.4. The molecule has 3 rings (SSSR count). The van der Waals surface area contributed by atoms with E-state index >= 15 is 0 Å². The zero-order valence-electron chi connectivity index (χ0n) is 13.3. The normalized spacial score (nSPS) is 16.3. The SMILES string of the molecule is N#Cc1ccc(C(=O)NC[C@H](c2ccsc2)N2CCOCC2)cc1. The van der Waals surface area contributed by atoms with Gasteiger partial charge in [0.1, 0.15) is 0 Å². The predicted molar refractivity (Wildman–Crippen MR) is 92.9 cm³/mol. The molecule has 1 fully saturated rings. The van der Waals surface area contributed by atoms with Gasteiger partial charge in [0.05, 0.1) is 30.9 Å². The zero-order chi connectivity index (χ0) is 16.8. The largest absolute Gasteiger partial charge is 0.379 e. The summed E-state index contributed by atoms with van der Waals surface area (Å²) in [7, 11) is 0. The molecule has 24 heavy (non-hydrogen) atoms. The summed E-state index contributed by atoms with van der Waals surface area (Å²) in [5.41, 5.74) is 2.35. The summed E-state index contributed by atoms with van der Waals surface area (Å²) < 4.78 is 5.43. The number of rotatable bonds is 5. The molecule has 0 radical (unpaired) electrons. The Kier molecular flexibility index (Phi) is 5.59. The first kappa shape index (κ1) is 16.7. The molecule has 2 aromatic rings. The number of nitriles is 1. The van der Waals surface area contributed by atoms with Gasteiger partial charge in [0.2, 0.25) is 0 Å². The molecule has 5 nitrogen and oxygen atoms in total. The van der Waals surface area contributed by atoms with Gasteiger partial charge in [-0.25, -0.2) is 0 Å². The molecule has 124 valence electrons. The van der Waals surface area contributed by atoms with Gasteiger partial charge in [-0.2, -0.15) is 16.6 Å². The summed E-state index contributed by atoms with van der Waals surface area (Å²) in [6.45, 7) is 3.74. The molecule has 1 N–H and O–H groups in total. The third kappa shape index (κ3) is 4.01. The number of hydrogen-bond donors (Lipinski definition) is 1. The molecule has 0 aliphatic carbocycles. The highest BCUT2D eigenvalue weighted by atomic mass is 32.1. The first-order valence-corrected chi connectivity index (χ1v) is 8.84. The van der Waals surface area contributed by atoms with E-state index in [4.69, 9.17) is 10.00 Å². The monoisotopic (exact) mass is 341 g/mol. The van der Waals surface area contributed by atoms with Crippen molar-refractivity contribution < 1.29 is 9.53 Å². The Morgan fingerprint density at radius 3 is 2.67 bits per heavy atom. The highest BCUT2D eigenvalue weighted by Crippen LogP contribution is 2.23. The first-order chi connectivity index (χ1) is 11.8. The fraction of sp³-hybridized carbons (Fsp3) is 0.333. The molecule has 1 amide bonds. The van der Waals surface area contributed by atoms with E-state index in [1.807, 2.05) is 0 Å². The van der Waals surface area contributed by atoms with E-state index in [0.29, 0.717) is 17.7 Å². The van der Waals surface area contributed by atoms with E-state index in [1.54, 1.807) is 35.6 Å². The lowest BCUT2D eigenvalue weighted by atomic mass is 10.1. The van der Waals surface area contributed by atoms with Crippen LogP contribution in [0.4, 0.5) is 0 Å². The van der Waals surface area contributed by atoms with Crippen LogP contribution < -0.4 is 5.32 Å². The number of nitrogens with one attached hydrogen (secondary N) is 1. The van der Waals surface area contributed by atoms with Crippen LogP contribution in [0.5, 0.6) is 0 Å². The molecule has 0 saturated carbocycles. The van der Waals surface area contributed by atoms with E-state index in [0.717, 1.165) is 26.3 Å². The van der Waals surface area contributed by atoms with Crippen LogP contribution in [0.2, 0.25) is 0 Å². The smallest absolute Gasteiger partial charge is 0.251 e. The quantitative estimate of drug-likeness (QED) is 0.907. The Hall–Kier alpha value is -2.20. The fourth-order valence-corrected chi connectivity index (χ4v) is 3.51. The molecule has 0 unspecified atom stereocenters. The Balaban J connectivity index is 1.66. The van der Waals surface area contributed by atoms with Crippen LogP contribution in [0.25, 0.3) is 0 Å². The lowest BCUT2D eigenvalue weighted by Gasteiger charge is -2.34. The van der Waals surface area contributed by atoms with Crippen LogP contribution in [-0.2, 0) is 4.74 Å². The van der Waals surface area contributed by atoms with Gasteiger partial charge >= 0.3 is 0 Å². The molecule has 1 saturated heterocycles. The van der Waals surface area contributed by atoms with E-state index in [-0.39, 0.29) is 11.9 Å². The minimum absolute atomic E-state index is 0.118. The van der Waals surface area contributed by atoms with E-state index in [9.17, 15) is 4.79 Å². The maximum Gasteiger partial charge on any atom is 0.251 e. The zero-order valence-corrected chi connectivity index (χ0v) is 14.1. The van der Waals surface area contributed by atoms with Crippen LogP contribution in [0, 0.1) is 11.3 Å². The molecule has 1 aromatic heterocycles. The fourth-order valence-electron chi connectivity index (χ4n) is 2.80. The minimum atomic E-state index is -0.118. The molecule has 2 heterocycles. The third-order valence-electron chi connectivity index (χ3n) is 4.15. The van der Waals surface area contributed by atoms with Gasteiger partial charge in [-0.15, -0.1) is 0 Å².